The van der Waals surface area contributed by atoms with Gasteiger partial charge in [-0.2, -0.15) is 13.2 Å². The fourth-order valence-corrected chi connectivity index (χ4v) is 2.50. The molecule has 0 amide bonds. The maximum atomic E-state index is 12.5. The first-order chi connectivity index (χ1) is 7.42. The first kappa shape index (κ1) is 9.87. The van der Waals surface area contributed by atoms with Gasteiger partial charge in [0.2, 0.25) is 0 Å². The first-order valence-corrected chi connectivity index (χ1v) is 5.17. The highest BCUT2D eigenvalue weighted by atomic mass is 19.4. The molecule has 3 rings (SSSR count). The van der Waals surface area contributed by atoms with E-state index >= 15 is 0 Å². The maximum Gasteiger partial charge on any atom is 0.416 e. The third kappa shape index (κ3) is 1.22. The summed E-state index contributed by atoms with van der Waals surface area (Å²) in [6.45, 7) is 0. The average Bonchev–Trinajstić information content (AvgIpc) is 2.90. The summed E-state index contributed by atoms with van der Waals surface area (Å²) in [6, 6.07) is 3.49. The molecule has 4 heteroatoms. The molecule has 2 aliphatic rings. The van der Waals surface area contributed by atoms with Crippen molar-refractivity contribution in [2.24, 2.45) is 0 Å². The summed E-state index contributed by atoms with van der Waals surface area (Å²) < 4.78 is 37.6. The van der Waals surface area contributed by atoms with Gasteiger partial charge in [0, 0.05) is 17.4 Å². The normalized spacial score (nSPS) is 21.3. The molecule has 0 saturated heterocycles. The molecule has 1 fully saturated rings. The van der Waals surface area contributed by atoms with E-state index in [1.165, 1.54) is 6.07 Å². The van der Waals surface area contributed by atoms with Gasteiger partial charge in [0.25, 0.3) is 0 Å². The Morgan fingerprint density at radius 3 is 2.44 bits per heavy atom. The predicted molar refractivity (Wildman–Crippen MR) is 51.3 cm³/mol. The van der Waals surface area contributed by atoms with E-state index in [0.29, 0.717) is 17.5 Å². The molecule has 0 N–H and O–H groups in total. The SMILES string of the molecule is O=C1CC2(CC2)c2cc(C(F)(F)F)ccc21. The van der Waals surface area contributed by atoms with Crippen molar-refractivity contribution in [1.82, 2.24) is 0 Å². The zero-order valence-corrected chi connectivity index (χ0v) is 8.40. The molecule has 1 aromatic carbocycles. The third-order valence-electron chi connectivity index (χ3n) is 3.57. The van der Waals surface area contributed by atoms with Crippen LogP contribution in [0.25, 0.3) is 0 Å². The van der Waals surface area contributed by atoms with E-state index in [4.69, 9.17) is 0 Å². The lowest BCUT2D eigenvalue weighted by Gasteiger charge is -2.11. The molecular weight excluding hydrogens is 217 g/mol. The molecule has 2 aliphatic carbocycles. The molecule has 1 aromatic rings. The second-order valence-electron chi connectivity index (χ2n) is 4.64. The van der Waals surface area contributed by atoms with Crippen LogP contribution in [0.3, 0.4) is 0 Å². The monoisotopic (exact) mass is 226 g/mol. The van der Waals surface area contributed by atoms with Crippen molar-refractivity contribution >= 4 is 5.78 Å². The number of hydrogen-bond acceptors (Lipinski definition) is 1. The summed E-state index contributed by atoms with van der Waals surface area (Å²) in [5.74, 6) is -0.0128. The van der Waals surface area contributed by atoms with Crippen LogP contribution in [0.4, 0.5) is 13.2 Å². The minimum atomic E-state index is -4.32. The Bertz CT molecular complexity index is 484. The molecule has 0 bridgehead atoms. The number of benzene rings is 1. The topological polar surface area (TPSA) is 17.1 Å². The highest BCUT2D eigenvalue weighted by Gasteiger charge is 2.52. The minimum absolute atomic E-state index is 0.0128. The number of carbonyl (C=O) groups excluding carboxylic acids is 1. The first-order valence-electron chi connectivity index (χ1n) is 5.17. The number of hydrogen-bond donors (Lipinski definition) is 0. The fraction of sp³-hybridized carbons (Fsp3) is 0.417. The maximum absolute atomic E-state index is 12.5. The van der Waals surface area contributed by atoms with Crippen LogP contribution in [0, 0.1) is 0 Å². The van der Waals surface area contributed by atoms with Crippen LogP contribution < -0.4 is 0 Å². The van der Waals surface area contributed by atoms with Crippen molar-refractivity contribution in [3.8, 4) is 0 Å². The van der Waals surface area contributed by atoms with Gasteiger partial charge in [-0.1, -0.05) is 6.07 Å². The zero-order valence-electron chi connectivity index (χ0n) is 8.40. The lowest BCUT2D eigenvalue weighted by atomic mass is 9.96. The quantitative estimate of drug-likeness (QED) is 0.663. The smallest absolute Gasteiger partial charge is 0.294 e. The van der Waals surface area contributed by atoms with Gasteiger partial charge in [-0.25, -0.2) is 0 Å². The van der Waals surface area contributed by atoms with Crippen molar-refractivity contribution in [3.63, 3.8) is 0 Å². The standard InChI is InChI=1S/C12H9F3O/c13-12(14,15)7-1-2-8-9(5-7)11(3-4-11)6-10(8)16/h1-2,5H,3-4,6H2. The van der Waals surface area contributed by atoms with E-state index in [0.717, 1.165) is 25.0 Å². The van der Waals surface area contributed by atoms with Crippen molar-refractivity contribution in [2.75, 3.05) is 0 Å². The van der Waals surface area contributed by atoms with E-state index in [1.807, 2.05) is 0 Å². The van der Waals surface area contributed by atoms with Crippen LogP contribution in [0.1, 0.15) is 40.7 Å². The van der Waals surface area contributed by atoms with Gasteiger partial charge in [0.05, 0.1) is 5.56 Å². The molecule has 0 aromatic heterocycles. The number of halogens is 3. The summed E-state index contributed by atoms with van der Waals surface area (Å²) in [5.41, 5.74) is 0.221. The van der Waals surface area contributed by atoms with E-state index < -0.39 is 11.7 Å². The Balaban J connectivity index is 2.15. The predicted octanol–water partition coefficient (Wildman–Crippen LogP) is 3.32. The van der Waals surface area contributed by atoms with Crippen LogP contribution in [-0.4, -0.2) is 5.78 Å². The largest absolute Gasteiger partial charge is 0.416 e. The third-order valence-corrected chi connectivity index (χ3v) is 3.57. The van der Waals surface area contributed by atoms with Gasteiger partial charge in [-0.05, 0) is 30.5 Å². The van der Waals surface area contributed by atoms with Crippen molar-refractivity contribution < 1.29 is 18.0 Å². The molecule has 0 atom stereocenters. The number of fused-ring (bicyclic) bond motifs is 2. The Labute approximate surface area is 90.3 Å². The van der Waals surface area contributed by atoms with E-state index in [2.05, 4.69) is 0 Å². The average molecular weight is 226 g/mol. The summed E-state index contributed by atoms with van der Waals surface area (Å²) in [5, 5.41) is 0. The van der Waals surface area contributed by atoms with Crippen LogP contribution in [0.5, 0.6) is 0 Å². The number of Topliss-reactive ketones (excluding diaryl/α,β-unsaturated/α-hetero) is 1. The molecule has 0 radical (unpaired) electrons. The number of alkyl halides is 3. The lowest BCUT2D eigenvalue weighted by molar-refractivity contribution is -0.137. The molecule has 1 saturated carbocycles. The van der Waals surface area contributed by atoms with Crippen LogP contribution in [0.2, 0.25) is 0 Å². The van der Waals surface area contributed by atoms with E-state index in [-0.39, 0.29) is 11.2 Å². The van der Waals surface area contributed by atoms with E-state index in [1.54, 1.807) is 0 Å². The summed E-state index contributed by atoms with van der Waals surface area (Å²) in [4.78, 5) is 11.6. The second-order valence-corrected chi connectivity index (χ2v) is 4.64. The molecule has 1 spiro atoms. The number of rotatable bonds is 0. The van der Waals surface area contributed by atoms with Gasteiger partial charge >= 0.3 is 6.18 Å². The summed E-state index contributed by atoms with van der Waals surface area (Å²) in [6.07, 6.45) is -2.25. The van der Waals surface area contributed by atoms with Gasteiger partial charge < -0.3 is 0 Å². The van der Waals surface area contributed by atoms with Crippen LogP contribution in [-0.2, 0) is 11.6 Å². The Kier molecular flexibility index (Phi) is 1.65. The Hall–Kier alpha value is -1.32. The number of ketones is 1. The van der Waals surface area contributed by atoms with Crippen LogP contribution in [0.15, 0.2) is 18.2 Å². The van der Waals surface area contributed by atoms with Crippen molar-refractivity contribution in [3.05, 3.63) is 34.9 Å². The van der Waals surface area contributed by atoms with Crippen molar-refractivity contribution in [1.29, 1.82) is 0 Å². The number of carbonyl (C=O) groups is 1. The van der Waals surface area contributed by atoms with E-state index in [9.17, 15) is 18.0 Å². The Morgan fingerprint density at radius 1 is 1.19 bits per heavy atom. The zero-order chi connectivity index (χ0) is 11.6. The molecule has 0 aliphatic heterocycles. The molecule has 16 heavy (non-hydrogen) atoms. The minimum Gasteiger partial charge on any atom is -0.294 e. The summed E-state index contributed by atoms with van der Waals surface area (Å²) >= 11 is 0. The fourth-order valence-electron chi connectivity index (χ4n) is 2.50. The second kappa shape index (κ2) is 2.67. The molecule has 1 nitrogen and oxygen atoms in total. The molecule has 0 heterocycles. The lowest BCUT2D eigenvalue weighted by Crippen LogP contribution is -2.07. The van der Waals surface area contributed by atoms with Gasteiger partial charge in [0.15, 0.2) is 5.78 Å². The molecule has 0 unspecified atom stereocenters. The van der Waals surface area contributed by atoms with Crippen molar-refractivity contribution in [2.45, 2.75) is 30.9 Å². The Morgan fingerprint density at radius 2 is 1.88 bits per heavy atom. The molecular formula is C12H9F3O. The van der Waals surface area contributed by atoms with Gasteiger partial charge in [-0.3, -0.25) is 4.79 Å². The van der Waals surface area contributed by atoms with Gasteiger partial charge in [0.1, 0.15) is 0 Å². The highest BCUT2D eigenvalue weighted by molar-refractivity contribution is 6.02. The van der Waals surface area contributed by atoms with Gasteiger partial charge in [-0.15, -0.1) is 0 Å². The molecule has 84 valence electrons. The highest BCUT2D eigenvalue weighted by Crippen LogP contribution is 2.57. The summed E-state index contributed by atoms with van der Waals surface area (Å²) in [7, 11) is 0. The van der Waals surface area contributed by atoms with Crippen LogP contribution >= 0.6 is 0 Å².